The number of nitrogens with one attached hydrogen (secondary N) is 1. The molecule has 0 atom stereocenters. The Bertz CT molecular complexity index is 582. The molecular formula is C15H19ClN2OS. The number of aromatic nitrogens is 1. The van der Waals surface area contributed by atoms with Crippen LogP contribution in [0.3, 0.4) is 0 Å². The van der Waals surface area contributed by atoms with Gasteiger partial charge in [0, 0.05) is 11.4 Å². The second kappa shape index (κ2) is 7.60. The zero-order chi connectivity index (χ0) is 14.4. The minimum atomic E-state index is 0.0478. The minimum Gasteiger partial charge on any atom is -0.302 e. The maximum absolute atomic E-state index is 11.8. The van der Waals surface area contributed by atoms with E-state index in [4.69, 9.17) is 11.6 Å². The second-order valence-electron chi connectivity index (χ2n) is 4.84. The Labute approximate surface area is 128 Å². The molecule has 0 bridgehead atoms. The van der Waals surface area contributed by atoms with Crippen molar-refractivity contribution in [2.75, 3.05) is 5.32 Å². The topological polar surface area (TPSA) is 42.0 Å². The van der Waals surface area contributed by atoms with Crippen LogP contribution < -0.4 is 5.32 Å². The van der Waals surface area contributed by atoms with E-state index in [9.17, 15) is 4.79 Å². The highest BCUT2D eigenvalue weighted by Crippen LogP contribution is 2.28. The number of hydrogen-bond acceptors (Lipinski definition) is 3. The lowest BCUT2D eigenvalue weighted by Gasteiger charge is -2.01. The molecule has 108 valence electrons. The zero-order valence-corrected chi connectivity index (χ0v) is 13.2. The lowest BCUT2D eigenvalue weighted by Crippen LogP contribution is -2.10. The molecule has 1 amide bonds. The van der Waals surface area contributed by atoms with E-state index in [2.05, 4.69) is 17.2 Å². The molecule has 0 aliphatic rings. The molecule has 0 radical (unpaired) electrons. The molecule has 0 aliphatic carbocycles. The predicted octanol–water partition coefficient (Wildman–Crippen LogP) is 5.25. The first-order chi connectivity index (χ1) is 9.69. The number of halogens is 1. The van der Waals surface area contributed by atoms with Crippen LogP contribution in [0.2, 0.25) is 5.02 Å². The molecule has 0 spiro atoms. The number of fused-ring (bicyclic) bond motifs is 1. The lowest BCUT2D eigenvalue weighted by molar-refractivity contribution is -0.116. The first-order valence-electron chi connectivity index (χ1n) is 7.05. The van der Waals surface area contributed by atoms with Gasteiger partial charge in [0.2, 0.25) is 5.91 Å². The normalized spacial score (nSPS) is 10.9. The van der Waals surface area contributed by atoms with Gasteiger partial charge in [-0.2, -0.15) is 0 Å². The number of unbranched alkanes of at least 4 members (excludes halogenated alkanes) is 4. The fourth-order valence-electron chi connectivity index (χ4n) is 2.02. The summed E-state index contributed by atoms with van der Waals surface area (Å²) in [6, 6.07) is 5.55. The highest BCUT2D eigenvalue weighted by Gasteiger charge is 2.07. The highest BCUT2D eigenvalue weighted by atomic mass is 35.5. The van der Waals surface area contributed by atoms with Gasteiger partial charge >= 0.3 is 0 Å². The van der Waals surface area contributed by atoms with Crippen molar-refractivity contribution in [3.05, 3.63) is 23.2 Å². The summed E-state index contributed by atoms with van der Waals surface area (Å²) in [5.41, 5.74) is 0.873. The molecule has 0 saturated heterocycles. The van der Waals surface area contributed by atoms with Gasteiger partial charge in [-0.3, -0.25) is 4.79 Å². The number of hydrogen-bond donors (Lipinski definition) is 1. The predicted molar refractivity (Wildman–Crippen MR) is 86.6 cm³/mol. The fourth-order valence-corrected chi connectivity index (χ4v) is 3.18. The summed E-state index contributed by atoms with van der Waals surface area (Å²) in [4.78, 5) is 16.2. The van der Waals surface area contributed by atoms with Crippen LogP contribution in [-0.2, 0) is 4.79 Å². The van der Waals surface area contributed by atoms with Gasteiger partial charge in [0.25, 0.3) is 0 Å². The van der Waals surface area contributed by atoms with Crippen LogP contribution in [0.25, 0.3) is 10.2 Å². The van der Waals surface area contributed by atoms with Gasteiger partial charge in [0.05, 0.1) is 10.2 Å². The van der Waals surface area contributed by atoms with Crippen LogP contribution in [-0.4, -0.2) is 10.9 Å². The largest absolute Gasteiger partial charge is 0.302 e. The number of nitrogens with zero attached hydrogens (tertiary/aromatic N) is 1. The molecule has 5 heteroatoms. The van der Waals surface area contributed by atoms with Gasteiger partial charge < -0.3 is 5.32 Å². The summed E-state index contributed by atoms with van der Waals surface area (Å²) in [7, 11) is 0. The van der Waals surface area contributed by atoms with Crippen molar-refractivity contribution in [3.8, 4) is 0 Å². The van der Waals surface area contributed by atoms with Crippen LogP contribution in [0.15, 0.2) is 18.2 Å². The standard InChI is InChI=1S/C15H19ClN2OS/c1-2-3-4-5-6-7-14(19)18-15-17-12-9-8-11(16)10-13(12)20-15/h8-10H,2-7H2,1H3,(H,17,18,19). The number of anilines is 1. The molecule has 0 aliphatic heterocycles. The second-order valence-corrected chi connectivity index (χ2v) is 6.31. The maximum Gasteiger partial charge on any atom is 0.226 e. The van der Waals surface area contributed by atoms with Crippen molar-refractivity contribution >= 4 is 44.2 Å². The Morgan fingerprint density at radius 3 is 2.90 bits per heavy atom. The number of carbonyl (C=O) groups is 1. The van der Waals surface area contributed by atoms with Crippen LogP contribution in [0.4, 0.5) is 5.13 Å². The summed E-state index contributed by atoms with van der Waals surface area (Å²) in [5, 5.41) is 4.21. The Hall–Kier alpha value is -1.13. The van der Waals surface area contributed by atoms with E-state index in [1.807, 2.05) is 18.2 Å². The number of amides is 1. The van der Waals surface area contributed by atoms with Crippen molar-refractivity contribution in [3.63, 3.8) is 0 Å². The summed E-state index contributed by atoms with van der Waals surface area (Å²) >= 11 is 7.39. The average Bonchev–Trinajstić information content (AvgIpc) is 2.79. The van der Waals surface area contributed by atoms with Crippen molar-refractivity contribution in [1.82, 2.24) is 4.98 Å². The molecule has 0 saturated carbocycles. The summed E-state index contributed by atoms with van der Waals surface area (Å²) in [6.07, 6.45) is 6.32. The molecular weight excluding hydrogens is 292 g/mol. The average molecular weight is 311 g/mol. The van der Waals surface area contributed by atoms with Gasteiger partial charge in [0.1, 0.15) is 0 Å². The molecule has 1 N–H and O–H groups in total. The monoisotopic (exact) mass is 310 g/mol. The van der Waals surface area contributed by atoms with E-state index < -0.39 is 0 Å². The van der Waals surface area contributed by atoms with Crippen molar-refractivity contribution in [1.29, 1.82) is 0 Å². The smallest absolute Gasteiger partial charge is 0.226 e. The molecule has 1 aromatic heterocycles. The van der Waals surface area contributed by atoms with Crippen LogP contribution in [0, 0.1) is 0 Å². The molecule has 3 nitrogen and oxygen atoms in total. The van der Waals surface area contributed by atoms with Crippen molar-refractivity contribution in [2.45, 2.75) is 45.4 Å². The van der Waals surface area contributed by atoms with E-state index in [0.29, 0.717) is 16.6 Å². The Kier molecular flexibility index (Phi) is 5.80. The summed E-state index contributed by atoms with van der Waals surface area (Å²) in [5.74, 6) is 0.0478. The summed E-state index contributed by atoms with van der Waals surface area (Å²) < 4.78 is 0.996. The molecule has 0 fully saturated rings. The Balaban J connectivity index is 1.83. The number of carbonyl (C=O) groups excluding carboxylic acids is 1. The fraction of sp³-hybridized carbons (Fsp3) is 0.467. The zero-order valence-electron chi connectivity index (χ0n) is 11.6. The molecule has 1 heterocycles. The molecule has 2 rings (SSSR count). The van der Waals surface area contributed by atoms with E-state index in [-0.39, 0.29) is 5.91 Å². The maximum atomic E-state index is 11.8. The Morgan fingerprint density at radius 2 is 2.10 bits per heavy atom. The molecule has 20 heavy (non-hydrogen) atoms. The van der Waals surface area contributed by atoms with E-state index >= 15 is 0 Å². The van der Waals surface area contributed by atoms with Crippen LogP contribution >= 0.6 is 22.9 Å². The third-order valence-corrected chi connectivity index (χ3v) is 4.27. The summed E-state index contributed by atoms with van der Waals surface area (Å²) in [6.45, 7) is 2.19. The van der Waals surface area contributed by atoms with Gasteiger partial charge in [0.15, 0.2) is 5.13 Å². The van der Waals surface area contributed by atoms with Crippen molar-refractivity contribution < 1.29 is 4.79 Å². The Morgan fingerprint density at radius 1 is 1.30 bits per heavy atom. The molecule has 0 unspecified atom stereocenters. The van der Waals surface area contributed by atoms with E-state index in [1.165, 1.54) is 30.6 Å². The first-order valence-corrected chi connectivity index (χ1v) is 8.24. The minimum absolute atomic E-state index is 0.0478. The first kappa shape index (κ1) is 15.3. The van der Waals surface area contributed by atoms with E-state index in [1.54, 1.807) is 0 Å². The van der Waals surface area contributed by atoms with Gasteiger partial charge in [-0.1, -0.05) is 55.5 Å². The number of benzene rings is 1. The highest BCUT2D eigenvalue weighted by molar-refractivity contribution is 7.22. The molecule has 2 aromatic rings. The lowest BCUT2D eigenvalue weighted by atomic mass is 10.1. The van der Waals surface area contributed by atoms with Crippen molar-refractivity contribution in [2.24, 2.45) is 0 Å². The van der Waals surface area contributed by atoms with Gasteiger partial charge in [-0.15, -0.1) is 0 Å². The van der Waals surface area contributed by atoms with E-state index in [0.717, 1.165) is 23.1 Å². The number of thiazole rings is 1. The third-order valence-electron chi connectivity index (χ3n) is 3.10. The number of rotatable bonds is 7. The molecule has 1 aromatic carbocycles. The van der Waals surface area contributed by atoms with Gasteiger partial charge in [-0.05, 0) is 24.6 Å². The van der Waals surface area contributed by atoms with Crippen LogP contribution in [0.5, 0.6) is 0 Å². The SMILES string of the molecule is CCCCCCCC(=O)Nc1nc2ccc(Cl)cc2s1. The van der Waals surface area contributed by atoms with Crippen LogP contribution in [0.1, 0.15) is 45.4 Å². The quantitative estimate of drug-likeness (QED) is 0.710. The van der Waals surface area contributed by atoms with Gasteiger partial charge in [-0.25, -0.2) is 4.98 Å². The third kappa shape index (κ3) is 4.46.